The van der Waals surface area contributed by atoms with Gasteiger partial charge in [0.05, 0.1) is 5.69 Å². The second kappa shape index (κ2) is 4.50. The highest BCUT2D eigenvalue weighted by Gasteiger charge is 2.40. The predicted octanol–water partition coefficient (Wildman–Crippen LogP) is 3.10. The van der Waals surface area contributed by atoms with Gasteiger partial charge in [-0.3, -0.25) is 4.79 Å². The lowest BCUT2D eigenvalue weighted by Crippen LogP contribution is -2.51. The van der Waals surface area contributed by atoms with Crippen LogP contribution in [0.25, 0.3) is 0 Å². The molecule has 0 saturated heterocycles. The molecule has 0 atom stereocenters. The van der Waals surface area contributed by atoms with Crippen molar-refractivity contribution in [2.75, 3.05) is 18.2 Å². The summed E-state index contributed by atoms with van der Waals surface area (Å²) in [5, 5.41) is 0. The van der Waals surface area contributed by atoms with Gasteiger partial charge in [0.2, 0.25) is 0 Å². The SMILES string of the molecule is CCc1cc(SC)cc2c1OC(C)(C)C(=O)N2C. The molecule has 1 aromatic carbocycles. The van der Waals surface area contributed by atoms with Crippen LogP contribution in [0, 0.1) is 0 Å². The molecule has 1 aliphatic heterocycles. The van der Waals surface area contributed by atoms with Crippen molar-refractivity contribution < 1.29 is 9.53 Å². The van der Waals surface area contributed by atoms with Gasteiger partial charge < -0.3 is 9.64 Å². The van der Waals surface area contributed by atoms with Gasteiger partial charge in [0.15, 0.2) is 5.60 Å². The Balaban J connectivity index is 2.62. The summed E-state index contributed by atoms with van der Waals surface area (Å²) in [6, 6.07) is 4.16. The second-order valence-electron chi connectivity index (χ2n) is 4.96. The molecule has 4 heteroatoms. The third kappa shape index (κ3) is 1.99. The second-order valence-corrected chi connectivity index (χ2v) is 5.84. The minimum absolute atomic E-state index is 0.00435. The summed E-state index contributed by atoms with van der Waals surface area (Å²) in [6.07, 6.45) is 2.94. The van der Waals surface area contributed by atoms with Crippen molar-refractivity contribution in [3.8, 4) is 5.75 Å². The highest BCUT2D eigenvalue weighted by molar-refractivity contribution is 7.98. The number of hydrogen-bond donors (Lipinski definition) is 0. The first-order valence-corrected chi connectivity index (χ1v) is 7.31. The number of ether oxygens (including phenoxy) is 1. The number of fused-ring (bicyclic) bond motifs is 1. The Bertz CT molecular complexity index is 497. The lowest BCUT2D eigenvalue weighted by atomic mass is 10.0. The highest BCUT2D eigenvalue weighted by Crippen LogP contribution is 2.42. The molecule has 0 aromatic heterocycles. The van der Waals surface area contributed by atoms with Crippen molar-refractivity contribution in [3.63, 3.8) is 0 Å². The minimum Gasteiger partial charge on any atom is -0.476 e. The quantitative estimate of drug-likeness (QED) is 0.770. The summed E-state index contributed by atoms with van der Waals surface area (Å²) in [6.45, 7) is 5.74. The van der Waals surface area contributed by atoms with Crippen LogP contribution in [0.2, 0.25) is 0 Å². The smallest absolute Gasteiger partial charge is 0.270 e. The number of benzene rings is 1. The van der Waals surface area contributed by atoms with Gasteiger partial charge in [0, 0.05) is 11.9 Å². The zero-order chi connectivity index (χ0) is 13.5. The molecule has 1 aromatic rings. The molecule has 1 amide bonds. The highest BCUT2D eigenvalue weighted by atomic mass is 32.2. The van der Waals surface area contributed by atoms with Crippen molar-refractivity contribution in [1.82, 2.24) is 0 Å². The minimum atomic E-state index is -0.785. The van der Waals surface area contributed by atoms with Crippen LogP contribution in [0.1, 0.15) is 26.3 Å². The maximum absolute atomic E-state index is 12.2. The fraction of sp³-hybridized carbons (Fsp3) is 0.500. The number of aryl methyl sites for hydroxylation is 1. The average molecular weight is 265 g/mol. The van der Waals surface area contributed by atoms with Crippen LogP contribution in [0.5, 0.6) is 5.75 Å². The van der Waals surface area contributed by atoms with Crippen LogP contribution in [0.4, 0.5) is 5.69 Å². The number of nitrogens with zero attached hydrogens (tertiary/aromatic N) is 1. The van der Waals surface area contributed by atoms with E-state index in [1.807, 2.05) is 33.2 Å². The molecular formula is C14H19NO2S. The van der Waals surface area contributed by atoms with Gasteiger partial charge >= 0.3 is 0 Å². The largest absolute Gasteiger partial charge is 0.476 e. The number of rotatable bonds is 2. The summed E-state index contributed by atoms with van der Waals surface area (Å²) >= 11 is 1.68. The van der Waals surface area contributed by atoms with Gasteiger partial charge in [-0.05, 0) is 44.2 Å². The summed E-state index contributed by atoms with van der Waals surface area (Å²) in [4.78, 5) is 15.1. The van der Waals surface area contributed by atoms with Crippen molar-refractivity contribution >= 4 is 23.4 Å². The molecule has 0 aliphatic carbocycles. The molecule has 0 saturated carbocycles. The molecule has 0 radical (unpaired) electrons. The number of carbonyl (C=O) groups is 1. The average Bonchev–Trinajstić information content (AvgIpc) is 2.35. The van der Waals surface area contributed by atoms with Gasteiger partial charge in [-0.15, -0.1) is 11.8 Å². The number of anilines is 1. The number of carbonyl (C=O) groups excluding carboxylic acids is 1. The molecule has 98 valence electrons. The Kier molecular flexibility index (Phi) is 3.32. The fourth-order valence-corrected chi connectivity index (χ4v) is 2.69. The molecule has 18 heavy (non-hydrogen) atoms. The van der Waals surface area contributed by atoms with Crippen molar-refractivity contribution in [3.05, 3.63) is 17.7 Å². The molecule has 0 N–H and O–H groups in total. The van der Waals surface area contributed by atoms with Gasteiger partial charge in [-0.2, -0.15) is 0 Å². The van der Waals surface area contributed by atoms with Gasteiger partial charge in [0.25, 0.3) is 5.91 Å². The maximum Gasteiger partial charge on any atom is 0.270 e. The van der Waals surface area contributed by atoms with Gasteiger partial charge in [-0.1, -0.05) is 6.92 Å². The molecule has 0 bridgehead atoms. The van der Waals surface area contributed by atoms with E-state index in [1.165, 1.54) is 0 Å². The van der Waals surface area contributed by atoms with Crippen LogP contribution in [-0.2, 0) is 11.2 Å². The molecule has 2 rings (SSSR count). The van der Waals surface area contributed by atoms with E-state index in [0.717, 1.165) is 28.3 Å². The Labute approximate surface area is 113 Å². The number of amides is 1. The zero-order valence-corrected chi connectivity index (χ0v) is 12.4. The topological polar surface area (TPSA) is 29.5 Å². The lowest BCUT2D eigenvalue weighted by molar-refractivity contribution is -0.132. The number of thioether (sulfide) groups is 1. The van der Waals surface area contributed by atoms with Gasteiger partial charge in [0.1, 0.15) is 5.75 Å². The Hall–Kier alpha value is -1.16. The normalized spacial score (nSPS) is 17.4. The van der Waals surface area contributed by atoms with E-state index in [9.17, 15) is 4.79 Å². The first-order chi connectivity index (χ1) is 8.40. The van der Waals surface area contributed by atoms with E-state index < -0.39 is 5.60 Å². The van der Waals surface area contributed by atoms with E-state index in [1.54, 1.807) is 16.7 Å². The predicted molar refractivity (Wildman–Crippen MR) is 75.7 cm³/mol. The maximum atomic E-state index is 12.2. The van der Waals surface area contributed by atoms with Crippen LogP contribution in [-0.4, -0.2) is 24.8 Å². The monoisotopic (exact) mass is 265 g/mol. The van der Waals surface area contributed by atoms with E-state index in [-0.39, 0.29) is 5.91 Å². The van der Waals surface area contributed by atoms with E-state index in [0.29, 0.717) is 0 Å². The van der Waals surface area contributed by atoms with Crippen molar-refractivity contribution in [1.29, 1.82) is 0 Å². The molecule has 0 spiro atoms. The molecule has 0 unspecified atom stereocenters. The lowest BCUT2D eigenvalue weighted by Gasteiger charge is -2.38. The van der Waals surface area contributed by atoms with Crippen LogP contribution in [0.15, 0.2) is 17.0 Å². The third-order valence-corrected chi connectivity index (χ3v) is 3.98. The van der Waals surface area contributed by atoms with E-state index >= 15 is 0 Å². The zero-order valence-electron chi connectivity index (χ0n) is 11.5. The Morgan fingerprint density at radius 2 is 2.06 bits per heavy atom. The summed E-state index contributed by atoms with van der Waals surface area (Å²) in [5.41, 5.74) is 1.25. The number of hydrogen-bond acceptors (Lipinski definition) is 3. The van der Waals surface area contributed by atoms with Crippen LogP contribution < -0.4 is 9.64 Å². The van der Waals surface area contributed by atoms with Gasteiger partial charge in [-0.25, -0.2) is 0 Å². The third-order valence-electron chi connectivity index (χ3n) is 3.27. The van der Waals surface area contributed by atoms with Crippen molar-refractivity contribution in [2.24, 2.45) is 0 Å². The Morgan fingerprint density at radius 1 is 1.39 bits per heavy atom. The van der Waals surface area contributed by atoms with E-state index in [4.69, 9.17) is 4.74 Å². The van der Waals surface area contributed by atoms with Crippen LogP contribution >= 0.6 is 11.8 Å². The molecule has 1 aliphatic rings. The number of likely N-dealkylation sites (N-methyl/N-ethyl adjacent to an activating group) is 1. The summed E-state index contributed by atoms with van der Waals surface area (Å²) in [5.74, 6) is 0.845. The van der Waals surface area contributed by atoms with Crippen molar-refractivity contribution in [2.45, 2.75) is 37.7 Å². The fourth-order valence-electron chi connectivity index (χ4n) is 2.20. The molecule has 3 nitrogen and oxygen atoms in total. The van der Waals surface area contributed by atoms with E-state index in [2.05, 4.69) is 13.0 Å². The molecule has 1 heterocycles. The Morgan fingerprint density at radius 3 is 2.61 bits per heavy atom. The van der Waals surface area contributed by atoms with Crippen LogP contribution in [0.3, 0.4) is 0 Å². The molecule has 0 fully saturated rings. The first kappa shape index (κ1) is 13.3. The summed E-state index contributed by atoms with van der Waals surface area (Å²) < 4.78 is 5.92. The molecular weight excluding hydrogens is 246 g/mol. The summed E-state index contributed by atoms with van der Waals surface area (Å²) in [7, 11) is 1.81. The first-order valence-electron chi connectivity index (χ1n) is 6.08. The standard InChI is InChI=1S/C14H19NO2S/c1-6-9-7-10(18-5)8-11-12(9)17-14(2,3)13(16)15(11)4/h7-8H,6H2,1-5H3.